The Bertz CT molecular complexity index is 355. The van der Waals surface area contributed by atoms with Gasteiger partial charge in [-0.15, -0.1) is 0 Å². The second-order valence-electron chi connectivity index (χ2n) is 5.40. The first-order chi connectivity index (χ1) is 8.97. The molecule has 2 aliphatic heterocycles. The number of aliphatic carboxylic acids is 1. The van der Waals surface area contributed by atoms with E-state index in [9.17, 15) is 14.7 Å². The molecule has 2 unspecified atom stereocenters. The Morgan fingerprint density at radius 2 is 1.89 bits per heavy atom. The zero-order chi connectivity index (χ0) is 14.0. The number of nitrogens with zero attached hydrogens (tertiary/aromatic N) is 2. The van der Waals surface area contributed by atoms with Gasteiger partial charge in [0.1, 0.15) is 6.04 Å². The molecule has 0 aromatic carbocycles. The maximum Gasteiger partial charge on any atom is 0.326 e. The highest BCUT2D eigenvalue weighted by molar-refractivity contribution is 5.85. The summed E-state index contributed by atoms with van der Waals surface area (Å²) in [6.45, 7) is 1.86. The van der Waals surface area contributed by atoms with Crippen molar-refractivity contribution < 1.29 is 19.8 Å². The molecule has 1 amide bonds. The van der Waals surface area contributed by atoms with Crippen molar-refractivity contribution in [3.05, 3.63) is 0 Å². The number of aliphatic hydroxyl groups excluding tert-OH is 1. The monoisotopic (exact) mass is 271 g/mol. The number of rotatable bonds is 3. The van der Waals surface area contributed by atoms with Gasteiger partial charge in [-0.1, -0.05) is 0 Å². The van der Waals surface area contributed by atoms with Crippen molar-refractivity contribution in [1.29, 1.82) is 0 Å². The predicted octanol–water partition coefficient (Wildman–Crippen LogP) is -1.54. The van der Waals surface area contributed by atoms with Crippen LogP contribution in [0, 0.1) is 0 Å². The number of amides is 1. The third-order valence-corrected chi connectivity index (χ3v) is 3.88. The van der Waals surface area contributed by atoms with Crippen LogP contribution in [0.1, 0.15) is 19.3 Å². The van der Waals surface area contributed by atoms with Crippen molar-refractivity contribution in [3.63, 3.8) is 0 Å². The van der Waals surface area contributed by atoms with E-state index in [0.29, 0.717) is 0 Å². The molecular formula is C12H21N3O4. The van der Waals surface area contributed by atoms with Crippen molar-refractivity contribution in [2.45, 2.75) is 37.5 Å². The van der Waals surface area contributed by atoms with Crippen LogP contribution in [0.5, 0.6) is 0 Å². The average Bonchev–Trinajstić information content (AvgIpc) is 2.74. The zero-order valence-corrected chi connectivity index (χ0v) is 10.9. The molecule has 0 aromatic rings. The minimum Gasteiger partial charge on any atom is -0.480 e. The lowest BCUT2D eigenvalue weighted by atomic mass is 10.1. The smallest absolute Gasteiger partial charge is 0.326 e. The van der Waals surface area contributed by atoms with Crippen LogP contribution < -0.4 is 5.73 Å². The van der Waals surface area contributed by atoms with Crippen LogP contribution in [-0.2, 0) is 9.59 Å². The lowest BCUT2D eigenvalue weighted by Crippen LogP contribution is -2.48. The van der Waals surface area contributed by atoms with Crippen molar-refractivity contribution in [3.8, 4) is 0 Å². The molecule has 0 aliphatic carbocycles. The topological polar surface area (TPSA) is 107 Å². The van der Waals surface area contributed by atoms with E-state index in [-0.39, 0.29) is 31.5 Å². The molecule has 0 radical (unpaired) electrons. The molecular weight excluding hydrogens is 250 g/mol. The first kappa shape index (κ1) is 14.2. The number of β-amino-alcohol motifs (C(OH)–C–C–N with tert-alkyl or cyclic N) is 1. The number of hydrogen-bond acceptors (Lipinski definition) is 5. The van der Waals surface area contributed by atoms with Gasteiger partial charge in [-0.05, 0) is 12.8 Å². The third-order valence-electron chi connectivity index (χ3n) is 3.88. The molecule has 2 aliphatic rings. The van der Waals surface area contributed by atoms with Crippen molar-refractivity contribution >= 4 is 11.9 Å². The van der Waals surface area contributed by atoms with Crippen LogP contribution in [0.4, 0.5) is 0 Å². The van der Waals surface area contributed by atoms with Crippen molar-refractivity contribution in [2.24, 2.45) is 5.73 Å². The van der Waals surface area contributed by atoms with E-state index in [1.165, 1.54) is 4.90 Å². The third kappa shape index (κ3) is 3.43. The molecule has 2 fully saturated rings. The van der Waals surface area contributed by atoms with E-state index < -0.39 is 18.1 Å². The lowest BCUT2D eigenvalue weighted by Gasteiger charge is -2.31. The van der Waals surface area contributed by atoms with E-state index >= 15 is 0 Å². The molecule has 2 rings (SSSR count). The summed E-state index contributed by atoms with van der Waals surface area (Å²) in [5, 5.41) is 18.6. The number of carboxylic acids is 1. The van der Waals surface area contributed by atoms with Gasteiger partial charge in [0.25, 0.3) is 0 Å². The maximum atomic E-state index is 12.1. The first-order valence-electron chi connectivity index (χ1n) is 6.65. The second kappa shape index (κ2) is 5.85. The molecule has 19 heavy (non-hydrogen) atoms. The summed E-state index contributed by atoms with van der Waals surface area (Å²) < 4.78 is 0. The molecule has 0 aromatic heterocycles. The molecule has 4 N–H and O–H groups in total. The van der Waals surface area contributed by atoms with Crippen LogP contribution in [-0.4, -0.2) is 76.3 Å². The maximum absolute atomic E-state index is 12.1. The van der Waals surface area contributed by atoms with E-state index in [2.05, 4.69) is 0 Å². The molecule has 0 spiro atoms. The summed E-state index contributed by atoms with van der Waals surface area (Å²) in [5.41, 5.74) is 5.80. The summed E-state index contributed by atoms with van der Waals surface area (Å²) in [7, 11) is 0. The number of carbonyl (C=O) groups excluding carboxylic acids is 1. The van der Waals surface area contributed by atoms with Gasteiger partial charge in [0.2, 0.25) is 5.91 Å². The zero-order valence-electron chi connectivity index (χ0n) is 10.9. The number of piperidine rings is 1. The van der Waals surface area contributed by atoms with Crippen LogP contribution in [0.3, 0.4) is 0 Å². The van der Waals surface area contributed by atoms with Crippen molar-refractivity contribution in [2.75, 3.05) is 26.2 Å². The Hall–Kier alpha value is -1.18. The van der Waals surface area contributed by atoms with Gasteiger partial charge in [0.15, 0.2) is 0 Å². The second-order valence-corrected chi connectivity index (χ2v) is 5.40. The highest BCUT2D eigenvalue weighted by Gasteiger charge is 2.39. The quantitative estimate of drug-likeness (QED) is 0.574. The molecule has 108 valence electrons. The summed E-state index contributed by atoms with van der Waals surface area (Å²) in [4.78, 5) is 26.5. The Labute approximate surface area is 112 Å². The van der Waals surface area contributed by atoms with Gasteiger partial charge < -0.3 is 20.8 Å². The van der Waals surface area contributed by atoms with Gasteiger partial charge in [0.05, 0.1) is 12.6 Å². The number of likely N-dealkylation sites (tertiary alicyclic amines) is 2. The van der Waals surface area contributed by atoms with E-state index in [4.69, 9.17) is 10.8 Å². The van der Waals surface area contributed by atoms with Gasteiger partial charge in [-0.3, -0.25) is 9.69 Å². The molecule has 2 heterocycles. The number of hydrogen-bond donors (Lipinski definition) is 3. The molecule has 0 saturated carbocycles. The highest BCUT2D eigenvalue weighted by Crippen LogP contribution is 2.19. The minimum atomic E-state index is -1.05. The van der Waals surface area contributed by atoms with E-state index in [1.807, 2.05) is 4.90 Å². The Balaban J connectivity index is 1.90. The van der Waals surface area contributed by atoms with Crippen LogP contribution in [0.2, 0.25) is 0 Å². The summed E-state index contributed by atoms with van der Waals surface area (Å²) >= 11 is 0. The highest BCUT2D eigenvalue weighted by atomic mass is 16.4. The lowest BCUT2D eigenvalue weighted by molar-refractivity contribution is -0.148. The fourth-order valence-electron chi connectivity index (χ4n) is 2.72. The van der Waals surface area contributed by atoms with E-state index in [0.717, 1.165) is 25.9 Å². The summed E-state index contributed by atoms with van der Waals surface area (Å²) in [5.74, 6) is -1.27. The van der Waals surface area contributed by atoms with Crippen LogP contribution >= 0.6 is 0 Å². The standard InChI is InChI=1S/C12H21N3O4/c13-8-1-3-14(4-2-8)7-11(17)15-6-9(16)5-10(15)12(18)19/h8-10,16H,1-7,13H2,(H,18,19). The van der Waals surface area contributed by atoms with Gasteiger partial charge >= 0.3 is 5.97 Å². The minimum absolute atomic E-state index is 0.114. The molecule has 0 bridgehead atoms. The summed E-state index contributed by atoms with van der Waals surface area (Å²) in [6, 6.07) is -0.693. The Kier molecular flexibility index (Phi) is 4.38. The summed E-state index contributed by atoms with van der Waals surface area (Å²) in [6.07, 6.45) is 1.10. The van der Waals surface area contributed by atoms with Gasteiger partial charge in [0, 0.05) is 32.1 Å². The fourth-order valence-corrected chi connectivity index (χ4v) is 2.72. The SMILES string of the molecule is NC1CCN(CC(=O)N2CC(O)CC2C(=O)O)CC1. The fraction of sp³-hybridized carbons (Fsp3) is 0.833. The number of aliphatic hydroxyl groups is 1. The van der Waals surface area contributed by atoms with E-state index in [1.54, 1.807) is 0 Å². The first-order valence-corrected chi connectivity index (χ1v) is 6.65. The Morgan fingerprint density at radius 1 is 1.26 bits per heavy atom. The number of nitrogens with two attached hydrogens (primary N) is 1. The normalized spacial score (nSPS) is 29.7. The Morgan fingerprint density at radius 3 is 2.47 bits per heavy atom. The molecule has 2 saturated heterocycles. The molecule has 7 nitrogen and oxygen atoms in total. The van der Waals surface area contributed by atoms with Crippen LogP contribution in [0.15, 0.2) is 0 Å². The van der Waals surface area contributed by atoms with Crippen molar-refractivity contribution in [1.82, 2.24) is 9.80 Å². The molecule has 7 heteroatoms. The van der Waals surface area contributed by atoms with Gasteiger partial charge in [-0.2, -0.15) is 0 Å². The predicted molar refractivity (Wildman–Crippen MR) is 67.4 cm³/mol. The number of carboxylic acid groups (broad SMARTS) is 1. The largest absolute Gasteiger partial charge is 0.480 e. The average molecular weight is 271 g/mol. The molecule has 2 atom stereocenters. The van der Waals surface area contributed by atoms with Gasteiger partial charge in [-0.25, -0.2) is 4.79 Å². The number of carbonyl (C=O) groups is 2. The van der Waals surface area contributed by atoms with Crippen LogP contribution in [0.25, 0.3) is 0 Å².